The number of carbonyl (C=O) groups is 1. The van der Waals surface area contributed by atoms with E-state index in [0.29, 0.717) is 12.4 Å². The number of hydrogen-bond acceptors (Lipinski definition) is 4. The van der Waals surface area contributed by atoms with Crippen molar-refractivity contribution in [2.75, 3.05) is 19.5 Å². The van der Waals surface area contributed by atoms with Crippen LogP contribution in [0.1, 0.15) is 18.1 Å². The average Bonchev–Trinajstić information content (AvgIpc) is 2.61. The van der Waals surface area contributed by atoms with Crippen LogP contribution in [0, 0.1) is 6.92 Å². The molecule has 0 aliphatic heterocycles. The van der Waals surface area contributed by atoms with Crippen LogP contribution in [0.2, 0.25) is 0 Å². The summed E-state index contributed by atoms with van der Waals surface area (Å²) in [5, 5.41) is 2.97. The second-order valence-electron chi connectivity index (χ2n) is 5.89. The van der Waals surface area contributed by atoms with Crippen LogP contribution < -0.4 is 14.8 Å². The molecule has 0 bridgehead atoms. The summed E-state index contributed by atoms with van der Waals surface area (Å²) in [4.78, 5) is 12.0. The van der Waals surface area contributed by atoms with Gasteiger partial charge in [-0.3, -0.25) is 4.79 Å². The fraction of sp³-hybridized carbons (Fsp3) is 0.350. The van der Waals surface area contributed by atoms with Gasteiger partial charge < -0.3 is 14.8 Å². The first-order valence-corrected chi connectivity index (χ1v) is 9.42. The molecule has 134 valence electrons. The van der Waals surface area contributed by atoms with E-state index in [1.54, 1.807) is 18.9 Å². The van der Waals surface area contributed by atoms with Gasteiger partial charge in [-0.2, -0.15) is 0 Å². The minimum atomic E-state index is -0.0336. The summed E-state index contributed by atoms with van der Waals surface area (Å²) in [7, 11) is 1.65. The maximum absolute atomic E-state index is 12.0. The molecule has 2 rings (SSSR count). The first-order chi connectivity index (χ1) is 12.1. The Bertz CT molecular complexity index is 673. The number of methoxy groups -OCH3 is 1. The number of aryl methyl sites for hydroxylation is 1. The van der Waals surface area contributed by atoms with Crippen molar-refractivity contribution in [2.45, 2.75) is 25.6 Å². The zero-order valence-electron chi connectivity index (χ0n) is 15.0. The first-order valence-electron chi connectivity index (χ1n) is 8.27. The number of ether oxygens (including phenoxy) is 2. The molecule has 0 aliphatic rings. The Labute approximate surface area is 153 Å². The van der Waals surface area contributed by atoms with E-state index < -0.39 is 0 Å². The van der Waals surface area contributed by atoms with Gasteiger partial charge in [0.1, 0.15) is 18.1 Å². The number of benzene rings is 2. The summed E-state index contributed by atoms with van der Waals surface area (Å²) in [5.41, 5.74) is 2.27. The Morgan fingerprint density at radius 1 is 1.16 bits per heavy atom. The monoisotopic (exact) mass is 359 g/mol. The largest absolute Gasteiger partial charge is 0.497 e. The van der Waals surface area contributed by atoms with Crippen LogP contribution in [-0.2, 0) is 10.5 Å². The summed E-state index contributed by atoms with van der Waals surface area (Å²) in [6, 6.07) is 15.7. The summed E-state index contributed by atoms with van der Waals surface area (Å²) >= 11 is 1.59. The van der Waals surface area contributed by atoms with Crippen molar-refractivity contribution in [3.05, 3.63) is 59.7 Å². The SMILES string of the molecule is COc1ccc(CSCC(=O)N[C@H](C)COc2ccccc2C)cc1. The summed E-state index contributed by atoms with van der Waals surface area (Å²) < 4.78 is 10.9. The lowest BCUT2D eigenvalue weighted by atomic mass is 10.2. The molecule has 0 spiro atoms. The van der Waals surface area contributed by atoms with Crippen molar-refractivity contribution < 1.29 is 14.3 Å². The molecule has 25 heavy (non-hydrogen) atoms. The van der Waals surface area contributed by atoms with Crippen molar-refractivity contribution in [3.8, 4) is 11.5 Å². The topological polar surface area (TPSA) is 47.6 Å². The third-order valence-electron chi connectivity index (χ3n) is 3.65. The fourth-order valence-electron chi connectivity index (χ4n) is 2.27. The molecule has 1 amide bonds. The van der Waals surface area contributed by atoms with Gasteiger partial charge in [0.2, 0.25) is 5.91 Å². The Morgan fingerprint density at radius 2 is 1.88 bits per heavy atom. The molecular weight excluding hydrogens is 334 g/mol. The summed E-state index contributed by atoms with van der Waals surface area (Å²) in [5.74, 6) is 2.96. The van der Waals surface area contributed by atoms with E-state index in [1.807, 2.05) is 62.4 Å². The van der Waals surface area contributed by atoms with Crippen LogP contribution in [0.15, 0.2) is 48.5 Å². The Kier molecular flexibility index (Phi) is 7.67. The molecule has 0 heterocycles. The third-order valence-corrected chi connectivity index (χ3v) is 4.65. The van der Waals surface area contributed by atoms with E-state index in [0.717, 1.165) is 22.8 Å². The maximum Gasteiger partial charge on any atom is 0.230 e. The highest BCUT2D eigenvalue weighted by Crippen LogP contribution is 2.17. The molecule has 0 unspecified atom stereocenters. The second kappa shape index (κ2) is 9.99. The molecule has 2 aromatic carbocycles. The molecular formula is C20H25NO3S. The average molecular weight is 359 g/mol. The molecule has 4 nitrogen and oxygen atoms in total. The first kappa shape index (κ1) is 19.2. The van der Waals surface area contributed by atoms with E-state index in [4.69, 9.17) is 9.47 Å². The lowest BCUT2D eigenvalue weighted by Crippen LogP contribution is -2.37. The van der Waals surface area contributed by atoms with E-state index in [-0.39, 0.29) is 11.9 Å². The summed E-state index contributed by atoms with van der Waals surface area (Å²) in [6.45, 7) is 4.42. The van der Waals surface area contributed by atoms with Crippen LogP contribution in [0.3, 0.4) is 0 Å². The van der Waals surface area contributed by atoms with Crippen LogP contribution in [-0.4, -0.2) is 31.4 Å². The van der Waals surface area contributed by atoms with Crippen molar-refractivity contribution in [3.63, 3.8) is 0 Å². The van der Waals surface area contributed by atoms with E-state index in [2.05, 4.69) is 5.32 Å². The van der Waals surface area contributed by atoms with Crippen LogP contribution in [0.25, 0.3) is 0 Å². The highest BCUT2D eigenvalue weighted by molar-refractivity contribution is 7.99. The van der Waals surface area contributed by atoms with Crippen molar-refractivity contribution >= 4 is 17.7 Å². The predicted molar refractivity (Wildman–Crippen MR) is 103 cm³/mol. The number of carbonyl (C=O) groups excluding carboxylic acids is 1. The van der Waals surface area contributed by atoms with Gasteiger partial charge in [-0.15, -0.1) is 11.8 Å². The normalized spacial score (nSPS) is 11.6. The van der Waals surface area contributed by atoms with Gasteiger partial charge in [-0.1, -0.05) is 30.3 Å². The molecule has 1 atom stereocenters. The zero-order valence-corrected chi connectivity index (χ0v) is 15.8. The molecule has 0 aromatic heterocycles. The highest BCUT2D eigenvalue weighted by atomic mass is 32.2. The molecule has 0 saturated carbocycles. The number of amides is 1. The number of thioether (sulfide) groups is 1. The van der Waals surface area contributed by atoms with Gasteiger partial charge in [0.05, 0.1) is 18.9 Å². The third kappa shape index (κ3) is 6.70. The molecule has 0 aliphatic carbocycles. The zero-order chi connectivity index (χ0) is 18.1. The van der Waals surface area contributed by atoms with Gasteiger partial charge in [0.15, 0.2) is 0 Å². The molecule has 5 heteroatoms. The van der Waals surface area contributed by atoms with Crippen LogP contribution >= 0.6 is 11.8 Å². The highest BCUT2D eigenvalue weighted by Gasteiger charge is 2.09. The quantitative estimate of drug-likeness (QED) is 0.739. The Hall–Kier alpha value is -2.14. The molecule has 0 saturated heterocycles. The van der Waals surface area contributed by atoms with E-state index >= 15 is 0 Å². The molecule has 1 N–H and O–H groups in total. The predicted octanol–water partition coefficient (Wildman–Crippen LogP) is 3.82. The Morgan fingerprint density at radius 3 is 2.56 bits per heavy atom. The Balaban J connectivity index is 1.66. The number of hydrogen-bond donors (Lipinski definition) is 1. The fourth-order valence-corrected chi connectivity index (χ4v) is 3.07. The van der Waals surface area contributed by atoms with Crippen LogP contribution in [0.5, 0.6) is 11.5 Å². The summed E-state index contributed by atoms with van der Waals surface area (Å²) in [6.07, 6.45) is 0. The molecule has 2 aromatic rings. The van der Waals surface area contributed by atoms with Gasteiger partial charge in [-0.05, 0) is 43.2 Å². The maximum atomic E-state index is 12.0. The van der Waals surface area contributed by atoms with E-state index in [9.17, 15) is 4.79 Å². The van der Waals surface area contributed by atoms with Crippen LogP contribution in [0.4, 0.5) is 0 Å². The van der Waals surface area contributed by atoms with Crippen molar-refractivity contribution in [2.24, 2.45) is 0 Å². The van der Waals surface area contributed by atoms with Gasteiger partial charge in [0.25, 0.3) is 0 Å². The van der Waals surface area contributed by atoms with Crippen molar-refractivity contribution in [1.29, 1.82) is 0 Å². The van der Waals surface area contributed by atoms with Gasteiger partial charge in [0, 0.05) is 5.75 Å². The van der Waals surface area contributed by atoms with Crippen molar-refractivity contribution in [1.82, 2.24) is 5.32 Å². The molecule has 0 fully saturated rings. The minimum Gasteiger partial charge on any atom is -0.497 e. The standard InChI is InChI=1S/C20H25NO3S/c1-15-6-4-5-7-19(15)24-12-16(2)21-20(22)14-25-13-17-8-10-18(23-3)11-9-17/h4-11,16H,12-14H2,1-3H3,(H,21,22)/t16-/m1/s1. The lowest BCUT2D eigenvalue weighted by molar-refractivity contribution is -0.119. The second-order valence-corrected chi connectivity index (χ2v) is 6.87. The van der Waals surface area contributed by atoms with E-state index in [1.165, 1.54) is 5.56 Å². The van der Waals surface area contributed by atoms with Gasteiger partial charge >= 0.3 is 0 Å². The smallest absolute Gasteiger partial charge is 0.230 e. The molecule has 0 radical (unpaired) electrons. The van der Waals surface area contributed by atoms with Gasteiger partial charge in [-0.25, -0.2) is 0 Å². The lowest BCUT2D eigenvalue weighted by Gasteiger charge is -2.16. The number of nitrogens with one attached hydrogen (secondary N) is 1. The minimum absolute atomic E-state index is 0.0272. The number of para-hydroxylation sites is 1. The number of rotatable bonds is 9.